The van der Waals surface area contributed by atoms with E-state index in [0.717, 1.165) is 35.2 Å². The van der Waals surface area contributed by atoms with Crippen LogP contribution in [0, 0.1) is 0 Å². The van der Waals surface area contributed by atoms with E-state index in [2.05, 4.69) is 58.2 Å². The number of rotatable bonds is 4. The van der Waals surface area contributed by atoms with E-state index in [9.17, 15) is 0 Å². The molecule has 0 unspecified atom stereocenters. The smallest absolute Gasteiger partial charge is 0.139 e. The van der Waals surface area contributed by atoms with Gasteiger partial charge >= 0.3 is 0 Å². The SMILES string of the molecule is CN1CN(c2cccc(Oc3cccc(-c4nccn4C)c3)c2)c2ccccc21. The first-order chi connectivity index (χ1) is 14.2. The molecule has 0 radical (unpaired) electrons. The predicted octanol–water partition coefficient (Wildman–Crippen LogP) is 5.42. The van der Waals surface area contributed by atoms with Crippen molar-refractivity contribution < 1.29 is 4.74 Å². The zero-order chi connectivity index (χ0) is 19.8. The second-order valence-electron chi connectivity index (χ2n) is 7.25. The van der Waals surface area contributed by atoms with Crippen LogP contribution in [0.2, 0.25) is 0 Å². The van der Waals surface area contributed by atoms with Crippen molar-refractivity contribution in [3.05, 3.63) is 85.2 Å². The van der Waals surface area contributed by atoms with E-state index in [1.54, 1.807) is 6.20 Å². The number of aromatic nitrogens is 2. The molecule has 5 nitrogen and oxygen atoms in total. The molecule has 2 heterocycles. The normalized spacial score (nSPS) is 12.9. The summed E-state index contributed by atoms with van der Waals surface area (Å²) < 4.78 is 8.20. The minimum atomic E-state index is 0.793. The highest BCUT2D eigenvalue weighted by molar-refractivity contribution is 5.82. The van der Waals surface area contributed by atoms with Crippen LogP contribution in [-0.2, 0) is 7.05 Å². The molecule has 0 atom stereocenters. The number of nitrogens with zero attached hydrogens (tertiary/aromatic N) is 4. The Labute approximate surface area is 170 Å². The van der Waals surface area contributed by atoms with Gasteiger partial charge in [-0.3, -0.25) is 0 Å². The fourth-order valence-electron chi connectivity index (χ4n) is 3.79. The third-order valence-corrected chi connectivity index (χ3v) is 5.22. The molecule has 0 spiro atoms. The summed E-state index contributed by atoms with van der Waals surface area (Å²) in [6.07, 6.45) is 3.74. The van der Waals surface area contributed by atoms with E-state index in [1.807, 2.05) is 54.2 Å². The van der Waals surface area contributed by atoms with Gasteiger partial charge in [0.1, 0.15) is 17.3 Å². The van der Waals surface area contributed by atoms with Crippen LogP contribution < -0.4 is 14.5 Å². The second-order valence-corrected chi connectivity index (χ2v) is 7.25. The highest BCUT2D eigenvalue weighted by atomic mass is 16.5. The quantitative estimate of drug-likeness (QED) is 0.472. The van der Waals surface area contributed by atoms with Gasteiger partial charge in [0.05, 0.1) is 18.0 Å². The van der Waals surface area contributed by atoms with E-state index in [0.29, 0.717) is 0 Å². The lowest BCUT2D eigenvalue weighted by molar-refractivity contribution is 0.483. The first-order valence-corrected chi connectivity index (χ1v) is 9.62. The summed E-state index contributed by atoms with van der Waals surface area (Å²) in [5, 5.41) is 0. The summed E-state index contributed by atoms with van der Waals surface area (Å²) in [4.78, 5) is 8.97. The molecule has 3 aromatic carbocycles. The van der Waals surface area contributed by atoms with Crippen molar-refractivity contribution >= 4 is 17.1 Å². The van der Waals surface area contributed by atoms with Gasteiger partial charge in [0.25, 0.3) is 0 Å². The molecule has 1 aliphatic heterocycles. The molecule has 0 fully saturated rings. The third kappa shape index (κ3) is 3.21. The number of hydrogen-bond acceptors (Lipinski definition) is 4. The lowest BCUT2D eigenvalue weighted by Crippen LogP contribution is -2.23. The van der Waals surface area contributed by atoms with E-state index < -0.39 is 0 Å². The third-order valence-electron chi connectivity index (χ3n) is 5.22. The molecular formula is C24H22N4O. The van der Waals surface area contributed by atoms with Gasteiger partial charge in [-0.1, -0.05) is 30.3 Å². The Morgan fingerprint density at radius 2 is 1.59 bits per heavy atom. The summed E-state index contributed by atoms with van der Waals surface area (Å²) >= 11 is 0. The lowest BCUT2D eigenvalue weighted by atomic mass is 10.2. The van der Waals surface area contributed by atoms with Gasteiger partial charge in [-0.15, -0.1) is 0 Å². The summed E-state index contributed by atoms with van der Waals surface area (Å²) in [5.41, 5.74) is 4.59. The summed E-state index contributed by atoms with van der Waals surface area (Å²) in [6, 6.07) is 24.7. The van der Waals surface area contributed by atoms with Gasteiger partial charge in [-0.25, -0.2) is 4.98 Å². The summed E-state index contributed by atoms with van der Waals surface area (Å²) in [5.74, 6) is 2.52. The number of benzene rings is 3. The maximum Gasteiger partial charge on any atom is 0.139 e. The van der Waals surface area contributed by atoms with Crippen molar-refractivity contribution in [2.45, 2.75) is 0 Å². The molecule has 1 aromatic heterocycles. The van der Waals surface area contributed by atoms with Crippen LogP contribution >= 0.6 is 0 Å². The van der Waals surface area contributed by atoms with Gasteiger partial charge in [0.2, 0.25) is 0 Å². The number of fused-ring (bicyclic) bond motifs is 1. The van der Waals surface area contributed by atoms with Gasteiger partial charge < -0.3 is 19.1 Å². The molecule has 0 aliphatic carbocycles. The van der Waals surface area contributed by atoms with Gasteiger partial charge in [0.15, 0.2) is 0 Å². The molecular weight excluding hydrogens is 360 g/mol. The topological polar surface area (TPSA) is 33.5 Å². The van der Waals surface area contributed by atoms with Crippen LogP contribution in [0.5, 0.6) is 11.5 Å². The van der Waals surface area contributed by atoms with E-state index >= 15 is 0 Å². The van der Waals surface area contributed by atoms with Crippen molar-refractivity contribution in [1.82, 2.24) is 9.55 Å². The minimum absolute atomic E-state index is 0.793. The lowest BCUT2D eigenvalue weighted by Gasteiger charge is -2.20. The largest absolute Gasteiger partial charge is 0.457 e. The van der Waals surface area contributed by atoms with Crippen molar-refractivity contribution in [3.8, 4) is 22.9 Å². The molecule has 0 saturated heterocycles. The highest BCUT2D eigenvalue weighted by Crippen LogP contribution is 2.40. The first-order valence-electron chi connectivity index (χ1n) is 9.62. The molecule has 0 amide bonds. The van der Waals surface area contributed by atoms with Crippen LogP contribution in [0.25, 0.3) is 11.4 Å². The number of anilines is 3. The maximum atomic E-state index is 6.19. The van der Waals surface area contributed by atoms with Crippen LogP contribution in [0.15, 0.2) is 85.2 Å². The Hall–Kier alpha value is -3.73. The molecule has 1 aliphatic rings. The van der Waals surface area contributed by atoms with Crippen LogP contribution in [0.1, 0.15) is 0 Å². The molecule has 0 N–H and O–H groups in total. The molecule has 29 heavy (non-hydrogen) atoms. The zero-order valence-electron chi connectivity index (χ0n) is 16.5. The summed E-state index contributed by atoms with van der Waals surface area (Å²) in [7, 11) is 4.10. The molecule has 5 heteroatoms. The molecule has 0 saturated carbocycles. The fourth-order valence-corrected chi connectivity index (χ4v) is 3.79. The molecule has 144 valence electrons. The minimum Gasteiger partial charge on any atom is -0.457 e. The maximum absolute atomic E-state index is 6.19. The Morgan fingerprint density at radius 1 is 0.828 bits per heavy atom. The molecule has 5 rings (SSSR count). The van der Waals surface area contributed by atoms with Crippen molar-refractivity contribution in [3.63, 3.8) is 0 Å². The monoisotopic (exact) mass is 382 g/mol. The number of para-hydroxylation sites is 2. The molecule has 0 bridgehead atoms. The van der Waals surface area contributed by atoms with Crippen LogP contribution in [0.3, 0.4) is 0 Å². The number of aryl methyl sites for hydroxylation is 1. The predicted molar refractivity (Wildman–Crippen MR) is 117 cm³/mol. The average Bonchev–Trinajstić information content (AvgIpc) is 3.32. The number of hydrogen-bond donors (Lipinski definition) is 0. The average molecular weight is 382 g/mol. The van der Waals surface area contributed by atoms with Gasteiger partial charge in [0, 0.05) is 43.8 Å². The van der Waals surface area contributed by atoms with Gasteiger partial charge in [-0.2, -0.15) is 0 Å². The van der Waals surface area contributed by atoms with E-state index in [4.69, 9.17) is 4.74 Å². The van der Waals surface area contributed by atoms with Crippen molar-refractivity contribution in [2.75, 3.05) is 23.5 Å². The fraction of sp³-hybridized carbons (Fsp3) is 0.125. The highest BCUT2D eigenvalue weighted by Gasteiger charge is 2.24. The Bertz CT molecular complexity index is 1170. The van der Waals surface area contributed by atoms with Crippen LogP contribution in [0.4, 0.5) is 17.1 Å². The second kappa shape index (κ2) is 7.02. The van der Waals surface area contributed by atoms with Crippen molar-refractivity contribution in [2.24, 2.45) is 7.05 Å². The standard InChI is InChI=1S/C24H22N4O/c1-26-14-13-25-24(26)18-7-5-9-20(15-18)29-21-10-6-8-19(16-21)28-17-27(2)22-11-3-4-12-23(22)28/h3-16H,17H2,1-2H3. The Morgan fingerprint density at radius 3 is 2.38 bits per heavy atom. The molecule has 4 aromatic rings. The summed E-state index contributed by atoms with van der Waals surface area (Å²) in [6.45, 7) is 0.817. The Kier molecular flexibility index (Phi) is 4.21. The van der Waals surface area contributed by atoms with Crippen molar-refractivity contribution in [1.29, 1.82) is 0 Å². The zero-order valence-corrected chi connectivity index (χ0v) is 16.5. The number of ether oxygens (including phenoxy) is 1. The number of imidazole rings is 1. The Balaban J connectivity index is 1.43. The van der Waals surface area contributed by atoms with E-state index in [1.165, 1.54) is 11.4 Å². The van der Waals surface area contributed by atoms with Gasteiger partial charge in [-0.05, 0) is 36.4 Å². The van der Waals surface area contributed by atoms with E-state index in [-0.39, 0.29) is 0 Å². The first kappa shape index (κ1) is 17.4. The van der Waals surface area contributed by atoms with Crippen LogP contribution in [-0.4, -0.2) is 23.3 Å².